The maximum Gasteiger partial charge on any atom is 0.320 e. The molecule has 0 aliphatic heterocycles. The highest BCUT2D eigenvalue weighted by atomic mass is 16.3. The Morgan fingerprint density at radius 3 is 2.88 bits per heavy atom. The van der Waals surface area contributed by atoms with E-state index in [1.165, 1.54) is 0 Å². The van der Waals surface area contributed by atoms with Gasteiger partial charge in [-0.15, -0.1) is 5.10 Å². The molecule has 2 amide bonds. The Labute approximate surface area is 141 Å². The van der Waals surface area contributed by atoms with Gasteiger partial charge in [-0.05, 0) is 31.9 Å². The van der Waals surface area contributed by atoms with Crippen molar-refractivity contribution in [1.82, 2.24) is 15.1 Å². The standard InChI is InChI=1S/C18H24N4O2/c1-13-11-22(14-7-4-3-5-8-14)21-16(13)20-17(24)19-15-9-6-10-18(15,2)12-23/h3-5,7-8,11,15,23H,6,9-10,12H2,1-2H3,(H2,19,20,21,24). The number of carbonyl (C=O) groups is 1. The number of aliphatic hydroxyl groups excluding tert-OH is 1. The Hall–Kier alpha value is -2.34. The number of carbonyl (C=O) groups excluding carboxylic acids is 1. The molecule has 1 saturated carbocycles. The molecule has 0 saturated heterocycles. The topological polar surface area (TPSA) is 79.2 Å². The molecule has 3 N–H and O–H groups in total. The summed E-state index contributed by atoms with van der Waals surface area (Å²) in [5.41, 5.74) is 1.60. The summed E-state index contributed by atoms with van der Waals surface area (Å²) in [6, 6.07) is 9.47. The predicted molar refractivity (Wildman–Crippen MR) is 93.3 cm³/mol. The van der Waals surface area contributed by atoms with Gasteiger partial charge in [-0.1, -0.05) is 31.5 Å². The molecule has 2 atom stereocenters. The van der Waals surface area contributed by atoms with Crippen molar-refractivity contribution in [3.63, 3.8) is 0 Å². The predicted octanol–water partition coefficient (Wildman–Crippen LogP) is 2.85. The molecule has 0 radical (unpaired) electrons. The number of urea groups is 1. The van der Waals surface area contributed by atoms with Crippen LogP contribution in [0.25, 0.3) is 5.69 Å². The highest BCUT2D eigenvalue weighted by Crippen LogP contribution is 2.37. The summed E-state index contributed by atoms with van der Waals surface area (Å²) in [6.07, 6.45) is 4.72. The third kappa shape index (κ3) is 3.28. The summed E-state index contributed by atoms with van der Waals surface area (Å²) in [5.74, 6) is 0.542. The highest BCUT2D eigenvalue weighted by Gasteiger charge is 2.39. The maximum absolute atomic E-state index is 12.3. The summed E-state index contributed by atoms with van der Waals surface area (Å²) < 4.78 is 1.75. The number of aromatic nitrogens is 2. The van der Waals surface area contributed by atoms with Crippen molar-refractivity contribution in [3.8, 4) is 5.69 Å². The van der Waals surface area contributed by atoms with Gasteiger partial charge in [-0.3, -0.25) is 5.32 Å². The molecule has 1 aliphatic rings. The molecule has 1 heterocycles. The normalized spacial score (nSPS) is 23.2. The molecule has 0 bridgehead atoms. The number of benzene rings is 1. The first kappa shape index (κ1) is 16.5. The number of rotatable bonds is 4. The first-order chi connectivity index (χ1) is 11.5. The monoisotopic (exact) mass is 328 g/mol. The molecule has 6 heteroatoms. The molecule has 6 nitrogen and oxygen atoms in total. The van der Waals surface area contributed by atoms with Crippen LogP contribution in [0.15, 0.2) is 36.5 Å². The van der Waals surface area contributed by atoms with E-state index in [9.17, 15) is 9.90 Å². The fourth-order valence-electron chi connectivity index (χ4n) is 3.27. The molecule has 24 heavy (non-hydrogen) atoms. The summed E-state index contributed by atoms with van der Waals surface area (Å²) in [4.78, 5) is 12.3. The van der Waals surface area contributed by atoms with Crippen molar-refractivity contribution in [1.29, 1.82) is 0 Å². The number of nitrogens with zero attached hydrogens (tertiary/aromatic N) is 2. The first-order valence-electron chi connectivity index (χ1n) is 8.32. The van der Waals surface area contributed by atoms with Crippen molar-refractivity contribution in [2.75, 3.05) is 11.9 Å². The van der Waals surface area contributed by atoms with E-state index in [-0.39, 0.29) is 24.1 Å². The Bertz CT molecular complexity index is 713. The second kappa shape index (κ2) is 6.65. The van der Waals surface area contributed by atoms with Crippen LogP contribution in [0.3, 0.4) is 0 Å². The number of hydrogen-bond acceptors (Lipinski definition) is 3. The van der Waals surface area contributed by atoms with Crippen LogP contribution >= 0.6 is 0 Å². The molecule has 1 aromatic carbocycles. The summed E-state index contributed by atoms with van der Waals surface area (Å²) in [7, 11) is 0. The molecular weight excluding hydrogens is 304 g/mol. The molecule has 3 rings (SSSR count). The highest BCUT2D eigenvalue weighted by molar-refractivity contribution is 5.89. The Kier molecular flexibility index (Phi) is 4.57. The number of para-hydroxylation sites is 1. The number of aryl methyl sites for hydroxylation is 1. The average Bonchev–Trinajstić information content (AvgIpc) is 3.13. The van der Waals surface area contributed by atoms with E-state index >= 15 is 0 Å². The number of hydrogen-bond donors (Lipinski definition) is 3. The van der Waals surface area contributed by atoms with Crippen molar-refractivity contribution < 1.29 is 9.90 Å². The number of anilines is 1. The van der Waals surface area contributed by atoms with Crippen LogP contribution < -0.4 is 10.6 Å². The smallest absolute Gasteiger partial charge is 0.320 e. The second-order valence-corrected chi connectivity index (χ2v) is 6.80. The van der Waals surface area contributed by atoms with Gasteiger partial charge in [0.1, 0.15) is 0 Å². The van der Waals surface area contributed by atoms with Gasteiger partial charge in [0.05, 0.1) is 12.3 Å². The number of aliphatic hydroxyl groups is 1. The quantitative estimate of drug-likeness (QED) is 0.807. The Balaban J connectivity index is 1.68. The SMILES string of the molecule is Cc1cn(-c2ccccc2)nc1NC(=O)NC1CCCC1(C)CO. The fourth-order valence-corrected chi connectivity index (χ4v) is 3.27. The molecule has 1 aliphatic carbocycles. The molecule has 1 fully saturated rings. The fraction of sp³-hybridized carbons (Fsp3) is 0.444. The zero-order valence-corrected chi connectivity index (χ0v) is 14.1. The van der Waals surface area contributed by atoms with Crippen molar-refractivity contribution in [3.05, 3.63) is 42.1 Å². The minimum atomic E-state index is -0.275. The van der Waals surface area contributed by atoms with E-state index in [0.29, 0.717) is 5.82 Å². The average molecular weight is 328 g/mol. The largest absolute Gasteiger partial charge is 0.396 e. The summed E-state index contributed by atoms with van der Waals surface area (Å²) in [6.45, 7) is 4.01. The summed E-state index contributed by atoms with van der Waals surface area (Å²) >= 11 is 0. The molecule has 0 spiro atoms. The van der Waals surface area contributed by atoms with Crippen LogP contribution in [0.4, 0.5) is 10.6 Å². The van der Waals surface area contributed by atoms with Gasteiger partial charge in [0.25, 0.3) is 0 Å². The molecular formula is C18H24N4O2. The van der Waals surface area contributed by atoms with E-state index in [2.05, 4.69) is 15.7 Å². The second-order valence-electron chi connectivity index (χ2n) is 6.80. The van der Waals surface area contributed by atoms with Gasteiger partial charge in [0, 0.05) is 23.2 Å². The lowest BCUT2D eigenvalue weighted by Gasteiger charge is -2.29. The van der Waals surface area contributed by atoms with Gasteiger partial charge in [0.2, 0.25) is 0 Å². The maximum atomic E-state index is 12.3. The minimum Gasteiger partial charge on any atom is -0.396 e. The molecule has 128 valence electrons. The van der Waals surface area contributed by atoms with Gasteiger partial charge in [-0.2, -0.15) is 0 Å². The van der Waals surface area contributed by atoms with Crippen molar-refractivity contribution in [2.24, 2.45) is 5.41 Å². The van der Waals surface area contributed by atoms with Crippen LogP contribution in [-0.4, -0.2) is 33.6 Å². The van der Waals surface area contributed by atoms with Crippen LogP contribution in [0.5, 0.6) is 0 Å². The van der Waals surface area contributed by atoms with E-state index < -0.39 is 0 Å². The Morgan fingerprint density at radius 1 is 1.42 bits per heavy atom. The first-order valence-corrected chi connectivity index (χ1v) is 8.32. The number of nitrogens with one attached hydrogen (secondary N) is 2. The zero-order valence-electron chi connectivity index (χ0n) is 14.1. The lowest BCUT2D eigenvalue weighted by atomic mass is 9.86. The van der Waals surface area contributed by atoms with Crippen LogP contribution in [0.1, 0.15) is 31.7 Å². The molecule has 2 aromatic rings. The van der Waals surface area contributed by atoms with Crippen molar-refractivity contribution in [2.45, 2.75) is 39.2 Å². The van der Waals surface area contributed by atoms with E-state index in [1.807, 2.05) is 50.4 Å². The lowest BCUT2D eigenvalue weighted by molar-refractivity contribution is 0.122. The van der Waals surface area contributed by atoms with Gasteiger partial charge >= 0.3 is 6.03 Å². The van der Waals surface area contributed by atoms with E-state index in [0.717, 1.165) is 30.5 Å². The zero-order chi connectivity index (χ0) is 17.2. The van der Waals surface area contributed by atoms with Crippen LogP contribution in [0, 0.1) is 12.3 Å². The van der Waals surface area contributed by atoms with E-state index in [4.69, 9.17) is 0 Å². The lowest BCUT2D eigenvalue weighted by Crippen LogP contribution is -2.46. The van der Waals surface area contributed by atoms with Gasteiger partial charge < -0.3 is 10.4 Å². The Morgan fingerprint density at radius 2 is 2.17 bits per heavy atom. The minimum absolute atomic E-state index is 0.0148. The number of amides is 2. The van der Waals surface area contributed by atoms with E-state index in [1.54, 1.807) is 4.68 Å². The van der Waals surface area contributed by atoms with Gasteiger partial charge in [-0.25, -0.2) is 9.48 Å². The molecule has 2 unspecified atom stereocenters. The van der Waals surface area contributed by atoms with Crippen LogP contribution in [-0.2, 0) is 0 Å². The van der Waals surface area contributed by atoms with Gasteiger partial charge in [0.15, 0.2) is 5.82 Å². The van der Waals surface area contributed by atoms with Crippen molar-refractivity contribution >= 4 is 11.8 Å². The third-order valence-corrected chi connectivity index (χ3v) is 4.90. The van der Waals surface area contributed by atoms with Crippen LogP contribution in [0.2, 0.25) is 0 Å². The third-order valence-electron chi connectivity index (χ3n) is 4.90. The summed E-state index contributed by atoms with van der Waals surface area (Å²) in [5, 5.41) is 19.8. The molecule has 1 aromatic heterocycles.